The SMILES string of the molecule is N#Cc1ccc(OCc2ccc(N)cc2Br)cc1F. The zero-order chi connectivity index (χ0) is 13.8. The van der Waals surface area contributed by atoms with Crippen LogP contribution in [0.4, 0.5) is 10.1 Å². The van der Waals surface area contributed by atoms with E-state index in [9.17, 15) is 4.39 Å². The molecule has 0 saturated heterocycles. The Kier molecular flexibility index (Phi) is 4.03. The van der Waals surface area contributed by atoms with Crippen molar-refractivity contribution in [1.29, 1.82) is 5.26 Å². The lowest BCUT2D eigenvalue weighted by Gasteiger charge is -2.09. The lowest BCUT2D eigenvalue weighted by Crippen LogP contribution is -1.98. The highest BCUT2D eigenvalue weighted by Gasteiger charge is 2.05. The summed E-state index contributed by atoms with van der Waals surface area (Å²) < 4.78 is 19.7. The molecular formula is C14H10BrFN2O. The lowest BCUT2D eigenvalue weighted by molar-refractivity contribution is 0.304. The summed E-state index contributed by atoms with van der Waals surface area (Å²) in [7, 11) is 0. The predicted molar refractivity (Wildman–Crippen MR) is 74.0 cm³/mol. The number of ether oxygens (including phenoxy) is 1. The van der Waals surface area contributed by atoms with E-state index in [1.807, 2.05) is 6.07 Å². The van der Waals surface area contributed by atoms with Gasteiger partial charge in [-0.25, -0.2) is 4.39 Å². The monoisotopic (exact) mass is 320 g/mol. The Morgan fingerprint density at radius 2 is 2.05 bits per heavy atom. The number of nitrogen functional groups attached to an aromatic ring is 1. The molecule has 5 heteroatoms. The van der Waals surface area contributed by atoms with E-state index in [1.54, 1.807) is 24.3 Å². The van der Waals surface area contributed by atoms with Crippen LogP contribution in [0, 0.1) is 17.1 Å². The van der Waals surface area contributed by atoms with Crippen LogP contribution in [-0.4, -0.2) is 0 Å². The number of hydrogen-bond acceptors (Lipinski definition) is 3. The second kappa shape index (κ2) is 5.72. The van der Waals surface area contributed by atoms with Gasteiger partial charge in [0.2, 0.25) is 0 Å². The smallest absolute Gasteiger partial charge is 0.144 e. The van der Waals surface area contributed by atoms with Gasteiger partial charge in [0.25, 0.3) is 0 Å². The van der Waals surface area contributed by atoms with Crippen LogP contribution >= 0.6 is 15.9 Å². The van der Waals surface area contributed by atoms with Gasteiger partial charge in [-0.15, -0.1) is 0 Å². The van der Waals surface area contributed by atoms with Gasteiger partial charge in [0, 0.05) is 21.8 Å². The number of rotatable bonds is 3. The average molecular weight is 321 g/mol. The van der Waals surface area contributed by atoms with Crippen LogP contribution in [0.25, 0.3) is 0 Å². The summed E-state index contributed by atoms with van der Waals surface area (Å²) in [5, 5.41) is 8.63. The first kappa shape index (κ1) is 13.4. The van der Waals surface area contributed by atoms with Gasteiger partial charge in [0.1, 0.15) is 24.2 Å². The summed E-state index contributed by atoms with van der Waals surface area (Å²) in [5.41, 5.74) is 7.19. The quantitative estimate of drug-likeness (QED) is 0.879. The standard InChI is InChI=1S/C14H10BrFN2O/c15-13-5-11(18)3-1-10(13)8-19-12-4-2-9(7-17)14(16)6-12/h1-6H,8,18H2. The third-order valence-electron chi connectivity index (χ3n) is 2.53. The first-order valence-electron chi connectivity index (χ1n) is 5.46. The van der Waals surface area contributed by atoms with Crippen LogP contribution in [0.3, 0.4) is 0 Å². The molecule has 0 fully saturated rings. The number of nitrogens with two attached hydrogens (primary N) is 1. The minimum atomic E-state index is -0.587. The highest BCUT2D eigenvalue weighted by molar-refractivity contribution is 9.10. The molecule has 0 aliphatic carbocycles. The van der Waals surface area contributed by atoms with Gasteiger partial charge < -0.3 is 10.5 Å². The fourth-order valence-electron chi connectivity index (χ4n) is 1.52. The summed E-state index contributed by atoms with van der Waals surface area (Å²) >= 11 is 3.38. The molecule has 0 aromatic heterocycles. The summed E-state index contributed by atoms with van der Waals surface area (Å²) in [6, 6.07) is 11.3. The van der Waals surface area contributed by atoms with E-state index >= 15 is 0 Å². The van der Waals surface area contributed by atoms with Gasteiger partial charge in [-0.3, -0.25) is 0 Å². The first-order chi connectivity index (χ1) is 9.10. The van der Waals surface area contributed by atoms with Crippen LogP contribution in [0.15, 0.2) is 40.9 Å². The first-order valence-corrected chi connectivity index (χ1v) is 6.26. The number of anilines is 1. The molecule has 2 aromatic rings. The van der Waals surface area contributed by atoms with Crippen molar-refractivity contribution in [2.45, 2.75) is 6.61 Å². The van der Waals surface area contributed by atoms with Crippen molar-refractivity contribution < 1.29 is 9.13 Å². The molecule has 19 heavy (non-hydrogen) atoms. The Morgan fingerprint density at radius 3 is 2.68 bits per heavy atom. The van der Waals surface area contributed by atoms with E-state index < -0.39 is 5.82 Å². The second-order valence-electron chi connectivity index (χ2n) is 3.89. The van der Waals surface area contributed by atoms with Crippen molar-refractivity contribution in [2.24, 2.45) is 0 Å². The van der Waals surface area contributed by atoms with Gasteiger partial charge in [-0.05, 0) is 24.3 Å². The molecule has 0 heterocycles. The molecule has 0 spiro atoms. The number of nitrogens with zero attached hydrogens (tertiary/aromatic N) is 1. The molecule has 96 valence electrons. The van der Waals surface area contributed by atoms with Crippen LogP contribution in [-0.2, 0) is 6.61 Å². The van der Waals surface area contributed by atoms with E-state index in [0.29, 0.717) is 11.4 Å². The Bertz CT molecular complexity index is 652. The summed E-state index contributed by atoms with van der Waals surface area (Å²) in [5.74, 6) is -0.211. The van der Waals surface area contributed by atoms with Crippen molar-refractivity contribution in [3.8, 4) is 11.8 Å². The highest BCUT2D eigenvalue weighted by Crippen LogP contribution is 2.22. The number of hydrogen-bond donors (Lipinski definition) is 1. The van der Waals surface area contributed by atoms with Crippen LogP contribution < -0.4 is 10.5 Å². The molecule has 0 amide bonds. The van der Waals surface area contributed by atoms with Crippen molar-refractivity contribution >= 4 is 21.6 Å². The summed E-state index contributed by atoms with van der Waals surface area (Å²) in [4.78, 5) is 0. The second-order valence-corrected chi connectivity index (χ2v) is 4.75. The molecule has 0 aliphatic heterocycles. The molecular weight excluding hydrogens is 311 g/mol. The number of halogens is 2. The fraction of sp³-hybridized carbons (Fsp3) is 0.0714. The largest absolute Gasteiger partial charge is 0.489 e. The maximum Gasteiger partial charge on any atom is 0.144 e. The van der Waals surface area contributed by atoms with Crippen molar-refractivity contribution in [3.63, 3.8) is 0 Å². The molecule has 0 atom stereocenters. The predicted octanol–water partition coefficient (Wildman–Crippen LogP) is 3.62. The maximum absolute atomic E-state index is 13.4. The molecule has 0 bridgehead atoms. The van der Waals surface area contributed by atoms with E-state index in [1.165, 1.54) is 12.1 Å². The Morgan fingerprint density at radius 1 is 1.26 bits per heavy atom. The molecule has 0 radical (unpaired) electrons. The van der Waals surface area contributed by atoms with Gasteiger partial charge in [0.05, 0.1) is 5.56 Å². The van der Waals surface area contributed by atoms with E-state index in [4.69, 9.17) is 15.7 Å². The third kappa shape index (κ3) is 3.24. The van der Waals surface area contributed by atoms with Crippen molar-refractivity contribution in [2.75, 3.05) is 5.73 Å². The minimum Gasteiger partial charge on any atom is -0.489 e. The van der Waals surface area contributed by atoms with E-state index in [-0.39, 0.29) is 12.2 Å². The summed E-state index contributed by atoms with van der Waals surface area (Å²) in [6.07, 6.45) is 0. The third-order valence-corrected chi connectivity index (χ3v) is 3.27. The van der Waals surface area contributed by atoms with Gasteiger partial charge in [-0.1, -0.05) is 22.0 Å². The fourth-order valence-corrected chi connectivity index (χ4v) is 2.03. The summed E-state index contributed by atoms with van der Waals surface area (Å²) in [6.45, 7) is 0.284. The Balaban J connectivity index is 2.10. The van der Waals surface area contributed by atoms with Crippen molar-refractivity contribution in [1.82, 2.24) is 0 Å². The van der Waals surface area contributed by atoms with Crippen LogP contribution in [0.5, 0.6) is 5.75 Å². The lowest BCUT2D eigenvalue weighted by atomic mass is 10.2. The zero-order valence-electron chi connectivity index (χ0n) is 9.86. The van der Waals surface area contributed by atoms with E-state index in [0.717, 1.165) is 10.0 Å². The van der Waals surface area contributed by atoms with Crippen molar-refractivity contribution in [3.05, 3.63) is 57.8 Å². The van der Waals surface area contributed by atoms with Crippen LogP contribution in [0.2, 0.25) is 0 Å². The maximum atomic E-state index is 13.4. The topological polar surface area (TPSA) is 59.0 Å². The van der Waals surface area contributed by atoms with Gasteiger partial charge in [0.15, 0.2) is 0 Å². The highest BCUT2D eigenvalue weighted by atomic mass is 79.9. The Labute approximate surface area is 118 Å². The van der Waals surface area contributed by atoms with Crippen LogP contribution in [0.1, 0.15) is 11.1 Å². The molecule has 2 rings (SSSR count). The van der Waals surface area contributed by atoms with Gasteiger partial charge in [-0.2, -0.15) is 5.26 Å². The average Bonchev–Trinajstić information content (AvgIpc) is 2.38. The van der Waals surface area contributed by atoms with Gasteiger partial charge >= 0.3 is 0 Å². The molecule has 2 aromatic carbocycles. The number of nitriles is 1. The zero-order valence-corrected chi connectivity index (χ0v) is 11.4. The Hall–Kier alpha value is -2.06. The number of benzene rings is 2. The minimum absolute atomic E-state index is 0.000940. The molecule has 0 aliphatic rings. The molecule has 3 nitrogen and oxygen atoms in total. The molecule has 0 saturated carbocycles. The molecule has 0 unspecified atom stereocenters. The molecule has 2 N–H and O–H groups in total. The van der Waals surface area contributed by atoms with E-state index in [2.05, 4.69) is 15.9 Å². The normalized spacial score (nSPS) is 9.95.